The van der Waals surface area contributed by atoms with E-state index in [0.29, 0.717) is 52.7 Å². The fourth-order valence-corrected chi connectivity index (χ4v) is 9.79. The SMILES string of the molecule is CN(C[C@H]1CC[C@H](n2cc(NC(=O)c3cnn4ccc(NCC5CC5)nc34)c(C(C)(C)O)n2)CC1)C1CCN(Cc2cccc3c2n(C)c(=O)n3C2CCC(=O)NC2=O)CC1. The van der Waals surface area contributed by atoms with E-state index < -0.39 is 17.6 Å². The summed E-state index contributed by atoms with van der Waals surface area (Å²) in [6.07, 6.45) is 14.4. The number of carbonyl (C=O) groups excluding carboxylic acids is 3. The van der Waals surface area contributed by atoms with Crippen LogP contribution >= 0.6 is 0 Å². The van der Waals surface area contributed by atoms with Gasteiger partial charge >= 0.3 is 5.69 Å². The van der Waals surface area contributed by atoms with E-state index in [0.717, 1.165) is 87.8 Å². The second kappa shape index (κ2) is 16.5. The number of likely N-dealkylation sites (tertiary alicyclic amines) is 1. The first kappa shape index (κ1) is 41.0. The molecule has 4 aliphatic rings. The van der Waals surface area contributed by atoms with Crippen LogP contribution in [0.25, 0.3) is 16.7 Å². The number of nitrogens with zero attached hydrogens (tertiary/aromatic N) is 9. The van der Waals surface area contributed by atoms with Gasteiger partial charge in [-0.25, -0.2) is 14.3 Å². The van der Waals surface area contributed by atoms with Crippen LogP contribution in [0.15, 0.2) is 47.7 Å². The number of amides is 3. The fraction of sp³-hybridized carbons (Fsp3) is 0.568. The maximum Gasteiger partial charge on any atom is 0.329 e. The molecule has 1 aromatic carbocycles. The highest BCUT2D eigenvalue weighted by Gasteiger charge is 2.34. The van der Waals surface area contributed by atoms with Crippen molar-refractivity contribution in [2.45, 2.75) is 108 Å². The molecule has 4 N–H and O–H groups in total. The van der Waals surface area contributed by atoms with E-state index in [-0.39, 0.29) is 30.0 Å². The summed E-state index contributed by atoms with van der Waals surface area (Å²) in [6.45, 7) is 7.90. The van der Waals surface area contributed by atoms with Gasteiger partial charge in [-0.3, -0.25) is 38.4 Å². The third kappa shape index (κ3) is 8.47. The molecule has 4 aromatic heterocycles. The molecule has 0 bridgehead atoms. The minimum atomic E-state index is -1.27. The molecule has 0 spiro atoms. The normalized spacial score (nSPS) is 22.0. The Kier molecular flexibility index (Phi) is 11.1. The molecule has 2 aliphatic carbocycles. The number of carbonyl (C=O) groups is 3. The summed E-state index contributed by atoms with van der Waals surface area (Å²) in [6, 6.07) is 7.74. The van der Waals surface area contributed by atoms with Crippen LogP contribution in [0, 0.1) is 11.8 Å². The number of imidazole rings is 1. The third-order valence-electron chi connectivity index (χ3n) is 13.5. The number of para-hydroxylation sites is 1. The van der Waals surface area contributed by atoms with Gasteiger partial charge in [0.05, 0.1) is 29.0 Å². The number of hydrogen-bond donors (Lipinski definition) is 4. The molecular formula is C44H58N12O5. The number of benzene rings is 1. The Morgan fingerprint density at radius 2 is 1.75 bits per heavy atom. The molecule has 0 radical (unpaired) electrons. The minimum absolute atomic E-state index is 0.167. The lowest BCUT2D eigenvalue weighted by Crippen LogP contribution is -2.44. The predicted molar refractivity (Wildman–Crippen MR) is 230 cm³/mol. The predicted octanol–water partition coefficient (Wildman–Crippen LogP) is 4.19. The van der Waals surface area contributed by atoms with Gasteiger partial charge in [0, 0.05) is 51.5 Å². The summed E-state index contributed by atoms with van der Waals surface area (Å²) >= 11 is 0. The molecule has 9 rings (SSSR count). The van der Waals surface area contributed by atoms with Crippen LogP contribution in [-0.2, 0) is 28.8 Å². The average molecular weight is 835 g/mol. The maximum absolute atomic E-state index is 13.7. The number of imide groups is 1. The highest BCUT2D eigenvalue weighted by molar-refractivity contribution is 6.08. The van der Waals surface area contributed by atoms with E-state index in [1.165, 1.54) is 19.0 Å². The van der Waals surface area contributed by atoms with E-state index in [1.807, 2.05) is 29.1 Å². The first-order valence-electron chi connectivity index (χ1n) is 22.0. The molecule has 324 valence electrons. The molecule has 17 heteroatoms. The summed E-state index contributed by atoms with van der Waals surface area (Å²) in [7, 11) is 4.01. The van der Waals surface area contributed by atoms with E-state index in [9.17, 15) is 24.3 Å². The number of hydrogen-bond acceptors (Lipinski definition) is 11. The van der Waals surface area contributed by atoms with Gasteiger partial charge in [0.25, 0.3) is 5.91 Å². The van der Waals surface area contributed by atoms with Gasteiger partial charge < -0.3 is 20.6 Å². The van der Waals surface area contributed by atoms with Crippen molar-refractivity contribution in [3.8, 4) is 0 Å². The Labute approximate surface area is 354 Å². The lowest BCUT2D eigenvalue weighted by atomic mass is 9.85. The molecule has 61 heavy (non-hydrogen) atoms. The van der Waals surface area contributed by atoms with Crippen molar-refractivity contribution in [3.63, 3.8) is 0 Å². The molecule has 17 nitrogen and oxygen atoms in total. The fourth-order valence-electron chi connectivity index (χ4n) is 9.79. The molecule has 5 aromatic rings. The van der Waals surface area contributed by atoms with Gasteiger partial charge in [0.1, 0.15) is 28.7 Å². The minimum Gasteiger partial charge on any atom is -0.384 e. The van der Waals surface area contributed by atoms with E-state index in [1.54, 1.807) is 40.7 Å². The zero-order valence-corrected chi connectivity index (χ0v) is 35.6. The number of aromatic nitrogens is 7. The van der Waals surface area contributed by atoms with Crippen molar-refractivity contribution in [1.82, 2.24) is 48.6 Å². The van der Waals surface area contributed by atoms with Crippen LogP contribution in [0.4, 0.5) is 11.5 Å². The monoisotopic (exact) mass is 834 g/mol. The number of piperidine rings is 2. The Bertz CT molecular complexity index is 2510. The Morgan fingerprint density at radius 1 is 1.00 bits per heavy atom. The summed E-state index contributed by atoms with van der Waals surface area (Å²) in [5.41, 5.74) is 2.84. The zero-order chi connectivity index (χ0) is 42.6. The van der Waals surface area contributed by atoms with Crippen LogP contribution in [0.2, 0.25) is 0 Å². The number of nitrogens with one attached hydrogen (secondary N) is 3. The van der Waals surface area contributed by atoms with E-state index >= 15 is 0 Å². The van der Waals surface area contributed by atoms with Gasteiger partial charge in [0.2, 0.25) is 11.8 Å². The van der Waals surface area contributed by atoms with Crippen LogP contribution < -0.4 is 21.6 Å². The number of anilines is 2. The number of aliphatic hydroxyl groups is 1. The molecule has 2 saturated heterocycles. The van der Waals surface area contributed by atoms with Crippen LogP contribution in [0.1, 0.15) is 112 Å². The van der Waals surface area contributed by atoms with Gasteiger partial charge in [-0.05, 0) is 121 Å². The lowest BCUT2D eigenvalue weighted by Gasteiger charge is -2.39. The third-order valence-corrected chi connectivity index (χ3v) is 13.5. The van der Waals surface area contributed by atoms with Crippen molar-refractivity contribution in [1.29, 1.82) is 0 Å². The van der Waals surface area contributed by atoms with Gasteiger partial charge in [-0.15, -0.1) is 0 Å². The number of rotatable bonds is 13. The lowest BCUT2D eigenvalue weighted by molar-refractivity contribution is -0.135. The summed E-state index contributed by atoms with van der Waals surface area (Å²) < 4.78 is 6.74. The molecule has 4 fully saturated rings. The second-order valence-corrected chi connectivity index (χ2v) is 18.4. The average Bonchev–Trinajstić information content (AvgIpc) is 3.71. The smallest absolute Gasteiger partial charge is 0.329 e. The Morgan fingerprint density at radius 3 is 2.48 bits per heavy atom. The molecule has 1 atom stereocenters. The number of fused-ring (bicyclic) bond motifs is 2. The standard InChI is InChI=1S/C44H58N12O5/c1-44(2,61)39-33(47-41(58)32-23-46-54-21-18-36(48-40(32)54)45-22-27-8-9-27)26-55(50-39)31-12-10-28(11-13-31)24-51(3)30-16-19-53(20-17-30)25-29-6-5-7-34-38(29)52(4)43(60)56(34)35-14-15-37(57)49-42(35)59/h5-7,18,21,23,26-28,30-31,35,61H,8-17,19-20,22,24-25H2,1-4H3,(H,45,48)(H,47,58)(H,49,57,59)/t28-,31-,35?. The molecule has 2 saturated carbocycles. The topological polar surface area (TPSA) is 189 Å². The highest BCUT2D eigenvalue weighted by atomic mass is 16.3. The Balaban J connectivity index is 0.784. The quantitative estimate of drug-likeness (QED) is 0.125. The highest BCUT2D eigenvalue weighted by Crippen LogP contribution is 2.36. The van der Waals surface area contributed by atoms with Crippen molar-refractivity contribution in [2.24, 2.45) is 18.9 Å². The van der Waals surface area contributed by atoms with Crippen LogP contribution in [-0.4, -0.2) is 105 Å². The summed E-state index contributed by atoms with van der Waals surface area (Å²) in [5.74, 6) is 0.901. The molecule has 2 aliphatic heterocycles. The molecule has 1 unspecified atom stereocenters. The Hall–Kier alpha value is -5.39. The van der Waals surface area contributed by atoms with Gasteiger partial charge in [-0.1, -0.05) is 12.1 Å². The zero-order valence-electron chi connectivity index (χ0n) is 35.6. The maximum atomic E-state index is 13.7. The summed E-state index contributed by atoms with van der Waals surface area (Å²) in [5, 5.41) is 29.1. The van der Waals surface area contributed by atoms with Crippen LogP contribution in [0.3, 0.4) is 0 Å². The molecular weight excluding hydrogens is 777 g/mol. The van der Waals surface area contributed by atoms with Crippen LogP contribution in [0.5, 0.6) is 0 Å². The number of aryl methyl sites for hydroxylation is 1. The first-order chi connectivity index (χ1) is 29.3. The van der Waals surface area contributed by atoms with E-state index in [4.69, 9.17) is 5.10 Å². The van der Waals surface area contributed by atoms with Gasteiger partial charge in [0.15, 0.2) is 5.65 Å². The first-order valence-corrected chi connectivity index (χ1v) is 22.0. The van der Waals surface area contributed by atoms with Crippen molar-refractivity contribution < 1.29 is 19.5 Å². The van der Waals surface area contributed by atoms with Crippen molar-refractivity contribution >= 4 is 45.9 Å². The largest absolute Gasteiger partial charge is 0.384 e. The van der Waals surface area contributed by atoms with E-state index in [2.05, 4.69) is 48.9 Å². The van der Waals surface area contributed by atoms with Crippen molar-refractivity contribution in [3.05, 3.63) is 70.2 Å². The summed E-state index contributed by atoms with van der Waals surface area (Å²) in [4.78, 5) is 61.3. The second-order valence-electron chi connectivity index (χ2n) is 18.4. The van der Waals surface area contributed by atoms with Crippen molar-refractivity contribution in [2.75, 3.05) is 43.9 Å². The molecule has 3 amide bonds. The molecule has 6 heterocycles. The van der Waals surface area contributed by atoms with Gasteiger partial charge in [-0.2, -0.15) is 10.2 Å².